The van der Waals surface area contributed by atoms with Crippen molar-refractivity contribution in [2.45, 2.75) is 54.7 Å². The Kier molecular flexibility index (Phi) is 9.86. The first-order valence-electron chi connectivity index (χ1n) is 19.4. The number of rotatable bonds is 6. The molecule has 332 valence electrons. The highest BCUT2D eigenvalue weighted by Crippen LogP contribution is 2.61. The fraction of sp³-hybridized carbons (Fsp3) is 0.200. The molecule has 3 aliphatic rings. The van der Waals surface area contributed by atoms with E-state index in [4.69, 9.17) is 18.9 Å². The van der Waals surface area contributed by atoms with Crippen molar-refractivity contribution in [3.8, 4) is 86.2 Å². The standard InChI is InChI=1S/C45H38O19/c46-18-10-26(54)32-30(12-18)61-40(15-1-4-20(48)23(51)7-15)37(58)36(32)34-28(56)14-29(57)35-43(34)63-42(17-3-6-22(50)25(53)9-17)39(60)45(35)64-44-33-27(55)11-19(47)13-31(33)62-41(38(44)59)16-2-5-21(49)24(52)8-16/h1-14,36-42,44-60H/t36-,37-,38-,39+,40-,41+,42-,44+,45+/m1/s1. The maximum absolute atomic E-state index is 12.3. The molecule has 0 fully saturated rings. The van der Waals surface area contributed by atoms with Crippen molar-refractivity contribution in [3.05, 3.63) is 124 Å². The summed E-state index contributed by atoms with van der Waals surface area (Å²) in [5, 5.41) is 165. The summed E-state index contributed by atoms with van der Waals surface area (Å²) >= 11 is 0. The van der Waals surface area contributed by atoms with Gasteiger partial charge in [0.05, 0.1) is 17.0 Å². The largest absolute Gasteiger partial charge is 0.508 e. The van der Waals surface area contributed by atoms with Gasteiger partial charge in [-0.05, 0) is 53.1 Å². The molecule has 19 heteroatoms. The molecule has 9 rings (SSSR count). The van der Waals surface area contributed by atoms with Crippen molar-refractivity contribution in [3.63, 3.8) is 0 Å². The summed E-state index contributed by atoms with van der Waals surface area (Å²) in [7, 11) is 0. The maximum atomic E-state index is 12.3. The molecule has 6 aromatic rings. The number of phenolic OH excluding ortho intramolecular Hbond substituents is 12. The number of aromatic hydroxyl groups is 12. The molecule has 0 aromatic heterocycles. The Morgan fingerprint density at radius 3 is 1.22 bits per heavy atom. The van der Waals surface area contributed by atoms with Crippen LogP contribution in [0, 0.1) is 0 Å². The highest BCUT2D eigenvalue weighted by atomic mass is 16.6. The van der Waals surface area contributed by atoms with Crippen molar-refractivity contribution < 1.29 is 95.5 Å². The predicted molar refractivity (Wildman–Crippen MR) is 215 cm³/mol. The molecule has 6 aromatic carbocycles. The molecular formula is C45H38O19. The van der Waals surface area contributed by atoms with Crippen molar-refractivity contribution in [1.29, 1.82) is 0 Å². The summed E-state index contributed by atoms with van der Waals surface area (Å²) in [6, 6.07) is 15.2. The van der Waals surface area contributed by atoms with Gasteiger partial charge in [-0.3, -0.25) is 0 Å². The van der Waals surface area contributed by atoms with Gasteiger partial charge in [0.2, 0.25) is 0 Å². The molecule has 0 saturated carbocycles. The molecule has 3 heterocycles. The number of hydrogen-bond acceptors (Lipinski definition) is 19. The molecule has 64 heavy (non-hydrogen) atoms. The topological polar surface area (TPSA) is 340 Å². The SMILES string of the molecule is Oc1cc(O)c2c(c1)O[C@H](c1ccc(O)c(O)c1)[C@H](O)[C@H]2c1c(O)cc(O)c2c1O[C@H](c1ccc(O)c(O)c1)[C@H](O)[C@H]2O[C@H]1c2c(O)cc(O)cc2O[C@@H](c2ccc(O)c(O)c2)[C@H]1O. The second kappa shape index (κ2) is 15.2. The molecule has 0 aliphatic carbocycles. The van der Waals surface area contributed by atoms with Crippen LogP contribution in [0.2, 0.25) is 0 Å². The van der Waals surface area contributed by atoms with Crippen LogP contribution in [0.1, 0.15) is 75.4 Å². The second-order valence-electron chi connectivity index (χ2n) is 15.6. The average Bonchev–Trinajstić information content (AvgIpc) is 3.23. The fourth-order valence-electron chi connectivity index (χ4n) is 8.69. The van der Waals surface area contributed by atoms with Gasteiger partial charge in [-0.25, -0.2) is 0 Å². The molecule has 0 radical (unpaired) electrons. The number of fused-ring (bicyclic) bond motifs is 3. The zero-order chi connectivity index (χ0) is 45.6. The third-order valence-electron chi connectivity index (χ3n) is 11.6. The molecule has 0 amide bonds. The van der Waals surface area contributed by atoms with Crippen LogP contribution in [0.3, 0.4) is 0 Å². The number of aliphatic hydroxyl groups excluding tert-OH is 3. The van der Waals surface area contributed by atoms with Gasteiger partial charge in [-0.15, -0.1) is 0 Å². The van der Waals surface area contributed by atoms with E-state index < -0.39 is 135 Å². The van der Waals surface area contributed by atoms with Crippen molar-refractivity contribution in [2.75, 3.05) is 0 Å². The molecule has 19 nitrogen and oxygen atoms in total. The van der Waals surface area contributed by atoms with Gasteiger partial charge in [0, 0.05) is 41.5 Å². The van der Waals surface area contributed by atoms with Crippen LogP contribution in [-0.2, 0) is 4.74 Å². The van der Waals surface area contributed by atoms with Gasteiger partial charge < -0.3 is 95.5 Å². The van der Waals surface area contributed by atoms with E-state index in [1.54, 1.807) is 0 Å². The van der Waals surface area contributed by atoms with Crippen LogP contribution < -0.4 is 14.2 Å². The van der Waals surface area contributed by atoms with E-state index in [1.165, 1.54) is 18.2 Å². The highest BCUT2D eigenvalue weighted by Gasteiger charge is 2.51. The molecule has 0 bridgehead atoms. The Bertz CT molecular complexity index is 2850. The number of benzene rings is 6. The first-order chi connectivity index (χ1) is 30.4. The van der Waals surface area contributed by atoms with Crippen LogP contribution in [0.4, 0.5) is 0 Å². The Morgan fingerprint density at radius 1 is 0.344 bits per heavy atom. The minimum atomic E-state index is -1.96. The third kappa shape index (κ3) is 6.70. The Hall–Kier alpha value is -7.84. The van der Waals surface area contributed by atoms with Gasteiger partial charge in [-0.2, -0.15) is 0 Å². The molecule has 0 spiro atoms. The lowest BCUT2D eigenvalue weighted by atomic mass is 9.77. The monoisotopic (exact) mass is 882 g/mol. The lowest BCUT2D eigenvalue weighted by Crippen LogP contribution is -2.42. The Morgan fingerprint density at radius 2 is 0.734 bits per heavy atom. The zero-order valence-corrected chi connectivity index (χ0v) is 32.6. The molecule has 0 unspecified atom stereocenters. The Balaban J connectivity index is 1.26. The third-order valence-corrected chi connectivity index (χ3v) is 11.6. The normalized spacial score (nSPS) is 24.6. The summed E-state index contributed by atoms with van der Waals surface area (Å²) in [6.07, 6.45) is -14.0. The van der Waals surface area contributed by atoms with E-state index in [1.807, 2.05) is 0 Å². The quantitative estimate of drug-likeness (QED) is 0.102. The van der Waals surface area contributed by atoms with Crippen molar-refractivity contribution in [2.24, 2.45) is 0 Å². The first-order valence-corrected chi connectivity index (χ1v) is 19.4. The molecule has 9 atom stereocenters. The van der Waals surface area contributed by atoms with Gasteiger partial charge >= 0.3 is 0 Å². The van der Waals surface area contributed by atoms with Crippen LogP contribution in [0.5, 0.6) is 86.2 Å². The summed E-state index contributed by atoms with van der Waals surface area (Å²) < 4.78 is 25.1. The number of aliphatic hydroxyl groups is 3. The predicted octanol–water partition coefficient (Wildman–Crippen LogP) is 4.57. The summed E-state index contributed by atoms with van der Waals surface area (Å²) in [5.41, 5.74) is -1.21. The van der Waals surface area contributed by atoms with Gasteiger partial charge in [0.25, 0.3) is 0 Å². The van der Waals surface area contributed by atoms with E-state index in [-0.39, 0.29) is 44.9 Å². The molecule has 15 N–H and O–H groups in total. The number of hydrogen-bond donors (Lipinski definition) is 15. The maximum Gasteiger partial charge on any atom is 0.157 e. The van der Waals surface area contributed by atoms with Crippen LogP contribution in [0.25, 0.3) is 0 Å². The van der Waals surface area contributed by atoms with E-state index in [2.05, 4.69) is 0 Å². The van der Waals surface area contributed by atoms with E-state index in [9.17, 15) is 76.6 Å². The number of ether oxygens (including phenoxy) is 4. The van der Waals surface area contributed by atoms with E-state index >= 15 is 0 Å². The van der Waals surface area contributed by atoms with E-state index in [0.29, 0.717) is 0 Å². The van der Waals surface area contributed by atoms with Gasteiger partial charge in [0.1, 0.15) is 82.3 Å². The first kappa shape index (κ1) is 41.5. The number of phenols is 12. The van der Waals surface area contributed by atoms with Crippen molar-refractivity contribution >= 4 is 0 Å². The fourth-order valence-corrected chi connectivity index (χ4v) is 8.69. The average molecular weight is 883 g/mol. The molecular weight excluding hydrogens is 844 g/mol. The Labute approximate surface area is 359 Å². The summed E-state index contributed by atoms with van der Waals surface area (Å²) in [5.74, 6) is -9.87. The second-order valence-corrected chi connectivity index (χ2v) is 15.6. The summed E-state index contributed by atoms with van der Waals surface area (Å²) in [4.78, 5) is 0. The lowest BCUT2D eigenvalue weighted by molar-refractivity contribution is -0.176. The van der Waals surface area contributed by atoms with Gasteiger partial charge in [0.15, 0.2) is 52.8 Å². The summed E-state index contributed by atoms with van der Waals surface area (Å²) in [6.45, 7) is 0. The van der Waals surface area contributed by atoms with Crippen LogP contribution in [0.15, 0.2) is 84.9 Å². The lowest BCUT2D eigenvalue weighted by Gasteiger charge is -2.44. The van der Waals surface area contributed by atoms with E-state index in [0.717, 1.165) is 66.7 Å². The zero-order valence-electron chi connectivity index (χ0n) is 32.6. The minimum absolute atomic E-state index is 0.0351. The highest BCUT2D eigenvalue weighted by molar-refractivity contribution is 5.67. The van der Waals surface area contributed by atoms with Crippen molar-refractivity contribution in [1.82, 2.24) is 0 Å². The smallest absolute Gasteiger partial charge is 0.157 e. The van der Waals surface area contributed by atoms with Gasteiger partial charge in [-0.1, -0.05) is 18.2 Å². The molecule has 3 aliphatic heterocycles. The minimum Gasteiger partial charge on any atom is -0.508 e. The van der Waals surface area contributed by atoms with Crippen LogP contribution in [-0.4, -0.2) is 94.9 Å². The molecule has 0 saturated heterocycles. The van der Waals surface area contributed by atoms with Crippen LogP contribution >= 0.6 is 0 Å².